The van der Waals surface area contributed by atoms with Crippen molar-refractivity contribution in [2.75, 3.05) is 20.1 Å². The lowest BCUT2D eigenvalue weighted by atomic mass is 9.67. The van der Waals surface area contributed by atoms with Gasteiger partial charge in [-0.2, -0.15) is 0 Å². The summed E-state index contributed by atoms with van der Waals surface area (Å²) in [6.45, 7) is 5.12. The van der Waals surface area contributed by atoms with Crippen LogP contribution in [0.3, 0.4) is 0 Å². The van der Waals surface area contributed by atoms with Crippen molar-refractivity contribution in [1.29, 1.82) is 0 Å². The highest BCUT2D eigenvalue weighted by atomic mass is 15.1. The molecule has 0 aromatic carbocycles. The van der Waals surface area contributed by atoms with Gasteiger partial charge >= 0.3 is 0 Å². The minimum absolute atomic E-state index is 0.729. The topological polar surface area (TPSA) is 3.24 Å². The zero-order valence-electron chi connectivity index (χ0n) is 8.47. The van der Waals surface area contributed by atoms with Crippen LogP contribution in [0, 0.1) is 11.3 Å². The summed E-state index contributed by atoms with van der Waals surface area (Å²) in [5.74, 6) is 1.03. The summed E-state index contributed by atoms with van der Waals surface area (Å²) in [7, 11) is 2.29. The third-order valence-corrected chi connectivity index (χ3v) is 4.16. The van der Waals surface area contributed by atoms with Crippen LogP contribution in [0.25, 0.3) is 0 Å². The van der Waals surface area contributed by atoms with E-state index in [0.717, 1.165) is 11.3 Å². The molecule has 0 N–H and O–H groups in total. The van der Waals surface area contributed by atoms with E-state index in [1.807, 2.05) is 0 Å². The molecule has 1 saturated heterocycles. The van der Waals surface area contributed by atoms with Crippen molar-refractivity contribution < 1.29 is 0 Å². The smallest absolute Gasteiger partial charge is 0.00381 e. The number of hydrogen-bond donors (Lipinski definition) is 0. The van der Waals surface area contributed by atoms with Gasteiger partial charge in [0.05, 0.1) is 0 Å². The Morgan fingerprint density at radius 3 is 2.92 bits per heavy atom. The van der Waals surface area contributed by atoms with Gasteiger partial charge in [0.25, 0.3) is 0 Å². The molecule has 1 heteroatoms. The fourth-order valence-corrected chi connectivity index (χ4v) is 3.43. The molecular formula is C11H21N. The fourth-order valence-electron chi connectivity index (χ4n) is 3.43. The van der Waals surface area contributed by atoms with Crippen molar-refractivity contribution in [3.8, 4) is 0 Å². The molecule has 1 saturated carbocycles. The third kappa shape index (κ3) is 1.19. The number of likely N-dealkylation sites (tertiary alicyclic amines) is 1. The summed E-state index contributed by atoms with van der Waals surface area (Å²) in [5.41, 5.74) is 0.729. The van der Waals surface area contributed by atoms with Crippen molar-refractivity contribution in [2.45, 2.75) is 39.0 Å². The Kier molecular flexibility index (Phi) is 2.16. The number of fused-ring (bicyclic) bond motifs is 1. The molecule has 1 aliphatic carbocycles. The lowest BCUT2D eigenvalue weighted by Gasteiger charge is -2.37. The Morgan fingerprint density at radius 1 is 1.42 bits per heavy atom. The van der Waals surface area contributed by atoms with Gasteiger partial charge in [0, 0.05) is 13.1 Å². The van der Waals surface area contributed by atoms with Gasteiger partial charge in [-0.25, -0.2) is 0 Å². The van der Waals surface area contributed by atoms with E-state index in [4.69, 9.17) is 0 Å². The van der Waals surface area contributed by atoms with E-state index >= 15 is 0 Å². The third-order valence-electron chi connectivity index (χ3n) is 4.16. The lowest BCUT2D eigenvalue weighted by molar-refractivity contribution is 0.140. The molecule has 2 rings (SSSR count). The van der Waals surface area contributed by atoms with Crippen LogP contribution < -0.4 is 0 Å². The predicted octanol–water partition coefficient (Wildman–Crippen LogP) is 2.52. The number of nitrogens with zero attached hydrogens (tertiary/aromatic N) is 1. The van der Waals surface area contributed by atoms with E-state index in [2.05, 4.69) is 18.9 Å². The molecule has 70 valence electrons. The summed E-state index contributed by atoms with van der Waals surface area (Å²) < 4.78 is 0. The molecule has 1 heterocycles. The maximum absolute atomic E-state index is 2.54. The van der Waals surface area contributed by atoms with Gasteiger partial charge in [-0.3, -0.25) is 0 Å². The molecule has 0 aromatic heterocycles. The summed E-state index contributed by atoms with van der Waals surface area (Å²) in [6.07, 6.45) is 7.37. The Bertz CT molecular complexity index is 166. The second kappa shape index (κ2) is 3.02. The molecule has 0 amide bonds. The molecule has 2 unspecified atom stereocenters. The van der Waals surface area contributed by atoms with Crippen molar-refractivity contribution in [3.05, 3.63) is 0 Å². The highest BCUT2D eigenvalue weighted by Crippen LogP contribution is 2.48. The molecule has 1 aliphatic heterocycles. The van der Waals surface area contributed by atoms with Crippen LogP contribution in [0.1, 0.15) is 39.0 Å². The van der Waals surface area contributed by atoms with Gasteiger partial charge in [-0.15, -0.1) is 0 Å². The second-order valence-corrected chi connectivity index (χ2v) is 4.86. The Morgan fingerprint density at radius 2 is 2.25 bits per heavy atom. The summed E-state index contributed by atoms with van der Waals surface area (Å²) in [5, 5.41) is 0. The Hall–Kier alpha value is -0.0400. The molecule has 2 aliphatic rings. The second-order valence-electron chi connectivity index (χ2n) is 4.86. The normalized spacial score (nSPS) is 43.0. The minimum atomic E-state index is 0.729. The molecule has 2 atom stereocenters. The van der Waals surface area contributed by atoms with Crippen molar-refractivity contribution in [1.82, 2.24) is 4.90 Å². The largest absolute Gasteiger partial charge is 0.306 e. The number of rotatable bonds is 1. The van der Waals surface area contributed by atoms with Gasteiger partial charge in [-0.05, 0) is 37.6 Å². The zero-order chi connectivity index (χ0) is 8.60. The van der Waals surface area contributed by atoms with Crippen LogP contribution in [0.5, 0.6) is 0 Å². The first-order chi connectivity index (χ1) is 5.77. The maximum Gasteiger partial charge on any atom is 0.00381 e. The zero-order valence-corrected chi connectivity index (χ0v) is 8.47. The van der Waals surface area contributed by atoms with Gasteiger partial charge in [0.15, 0.2) is 0 Å². The maximum atomic E-state index is 2.54. The quantitative estimate of drug-likeness (QED) is 0.580. The van der Waals surface area contributed by atoms with Gasteiger partial charge in [0.1, 0.15) is 0 Å². The molecular weight excluding hydrogens is 146 g/mol. The molecule has 12 heavy (non-hydrogen) atoms. The standard InChI is InChI=1S/C11H21N/c1-3-11-7-5-4-6-10(11)8-12(2)9-11/h10H,3-9H2,1-2H3. The highest BCUT2D eigenvalue weighted by molar-refractivity contribution is 4.96. The van der Waals surface area contributed by atoms with Crippen LogP contribution in [0.15, 0.2) is 0 Å². The van der Waals surface area contributed by atoms with E-state index in [0.29, 0.717) is 0 Å². The average molecular weight is 167 g/mol. The van der Waals surface area contributed by atoms with E-state index < -0.39 is 0 Å². The van der Waals surface area contributed by atoms with Gasteiger partial charge in [0.2, 0.25) is 0 Å². The summed E-state index contributed by atoms with van der Waals surface area (Å²) in [6, 6.07) is 0. The van der Waals surface area contributed by atoms with Gasteiger partial charge in [-0.1, -0.05) is 19.8 Å². The monoisotopic (exact) mass is 167 g/mol. The Balaban J connectivity index is 2.14. The van der Waals surface area contributed by atoms with Gasteiger partial charge < -0.3 is 4.90 Å². The van der Waals surface area contributed by atoms with Crippen LogP contribution in [0.2, 0.25) is 0 Å². The van der Waals surface area contributed by atoms with E-state index in [-0.39, 0.29) is 0 Å². The van der Waals surface area contributed by atoms with Crippen LogP contribution in [-0.4, -0.2) is 25.0 Å². The average Bonchev–Trinajstić information content (AvgIpc) is 2.41. The molecule has 1 nitrogen and oxygen atoms in total. The highest BCUT2D eigenvalue weighted by Gasteiger charge is 2.44. The molecule has 0 bridgehead atoms. The van der Waals surface area contributed by atoms with Crippen LogP contribution in [-0.2, 0) is 0 Å². The number of hydrogen-bond acceptors (Lipinski definition) is 1. The minimum Gasteiger partial charge on any atom is -0.306 e. The predicted molar refractivity (Wildman–Crippen MR) is 52.2 cm³/mol. The van der Waals surface area contributed by atoms with E-state index in [1.54, 1.807) is 0 Å². The Labute approximate surface area is 76.1 Å². The molecule has 0 aromatic rings. The fraction of sp³-hybridized carbons (Fsp3) is 1.00. The van der Waals surface area contributed by atoms with Crippen LogP contribution in [0.4, 0.5) is 0 Å². The van der Waals surface area contributed by atoms with Crippen LogP contribution >= 0.6 is 0 Å². The van der Waals surface area contributed by atoms with Crippen molar-refractivity contribution >= 4 is 0 Å². The van der Waals surface area contributed by atoms with E-state index in [1.165, 1.54) is 45.2 Å². The molecule has 0 radical (unpaired) electrons. The molecule has 0 spiro atoms. The summed E-state index contributed by atoms with van der Waals surface area (Å²) >= 11 is 0. The first-order valence-electron chi connectivity index (χ1n) is 5.45. The first kappa shape index (κ1) is 8.55. The molecule has 2 fully saturated rings. The lowest BCUT2D eigenvalue weighted by Crippen LogP contribution is -2.32. The van der Waals surface area contributed by atoms with E-state index in [9.17, 15) is 0 Å². The van der Waals surface area contributed by atoms with Crippen molar-refractivity contribution in [3.63, 3.8) is 0 Å². The first-order valence-corrected chi connectivity index (χ1v) is 5.45. The summed E-state index contributed by atoms with van der Waals surface area (Å²) in [4.78, 5) is 2.54. The SMILES string of the molecule is CCC12CCCCC1CN(C)C2. The van der Waals surface area contributed by atoms with Crippen molar-refractivity contribution in [2.24, 2.45) is 11.3 Å².